The van der Waals surface area contributed by atoms with Gasteiger partial charge in [-0.2, -0.15) is 0 Å². The Balaban J connectivity index is 2.38. The van der Waals surface area contributed by atoms with Crippen molar-refractivity contribution in [1.82, 2.24) is 9.97 Å². The molecule has 0 amide bonds. The molecule has 0 aliphatic rings. The van der Waals surface area contributed by atoms with Crippen LogP contribution in [0.3, 0.4) is 0 Å². The summed E-state index contributed by atoms with van der Waals surface area (Å²) in [6.45, 7) is 0. The van der Waals surface area contributed by atoms with Gasteiger partial charge in [-0.15, -0.1) is 0 Å². The van der Waals surface area contributed by atoms with Crippen LogP contribution < -0.4 is 0 Å². The van der Waals surface area contributed by atoms with Gasteiger partial charge in [-0.1, -0.05) is 0 Å². The molecule has 0 aliphatic heterocycles. The maximum Gasteiger partial charge on any atom is 0.198 e. The standard InChI is InChI=1S/C6H7N2O/c9-3-1-2-6-4-7-5-8-6/h4-5H,1-2H2,(H,7,8). The Morgan fingerprint density at radius 2 is 2.67 bits per heavy atom. The molecule has 3 heteroatoms. The highest BCUT2D eigenvalue weighted by Crippen LogP contribution is 1.93. The number of rotatable bonds is 3. The van der Waals surface area contributed by atoms with E-state index in [2.05, 4.69) is 9.97 Å². The third-order valence-electron chi connectivity index (χ3n) is 1.04. The van der Waals surface area contributed by atoms with Crippen molar-refractivity contribution < 1.29 is 4.79 Å². The molecule has 1 N–H and O–H groups in total. The summed E-state index contributed by atoms with van der Waals surface area (Å²) in [6, 6.07) is 0. The Morgan fingerprint density at radius 3 is 3.22 bits per heavy atom. The van der Waals surface area contributed by atoms with Crippen LogP contribution in [0.5, 0.6) is 0 Å². The lowest BCUT2D eigenvalue weighted by molar-refractivity contribution is 0.551. The van der Waals surface area contributed by atoms with Crippen LogP contribution in [0, 0.1) is 0 Å². The molecule has 0 unspecified atom stereocenters. The second kappa shape index (κ2) is 3.02. The molecule has 0 saturated heterocycles. The molecule has 1 aromatic heterocycles. The SMILES string of the molecule is O=[C]CCc1c[nH]cn1. The molecule has 1 heterocycles. The summed E-state index contributed by atoms with van der Waals surface area (Å²) in [7, 11) is 0. The molecule has 9 heavy (non-hydrogen) atoms. The predicted molar refractivity (Wildman–Crippen MR) is 32.6 cm³/mol. The topological polar surface area (TPSA) is 45.8 Å². The highest BCUT2D eigenvalue weighted by atomic mass is 16.1. The summed E-state index contributed by atoms with van der Waals surface area (Å²) in [5.74, 6) is 0. The highest BCUT2D eigenvalue weighted by Gasteiger charge is 1.91. The molecule has 3 nitrogen and oxygen atoms in total. The molecule has 0 bridgehead atoms. The summed E-state index contributed by atoms with van der Waals surface area (Å²) in [4.78, 5) is 16.5. The summed E-state index contributed by atoms with van der Waals surface area (Å²) in [6.07, 6.45) is 6.30. The molecule has 0 aromatic carbocycles. The first kappa shape index (κ1) is 6.01. The van der Waals surface area contributed by atoms with E-state index < -0.39 is 0 Å². The van der Waals surface area contributed by atoms with Gasteiger partial charge in [-0.25, -0.2) is 4.98 Å². The molecule has 0 saturated carbocycles. The van der Waals surface area contributed by atoms with Gasteiger partial charge in [0, 0.05) is 12.6 Å². The van der Waals surface area contributed by atoms with E-state index in [9.17, 15) is 4.79 Å². The van der Waals surface area contributed by atoms with Crippen molar-refractivity contribution in [1.29, 1.82) is 0 Å². The number of nitrogens with one attached hydrogen (secondary N) is 1. The lowest BCUT2D eigenvalue weighted by Gasteiger charge is -1.83. The van der Waals surface area contributed by atoms with Crippen LogP contribution >= 0.6 is 0 Å². The number of hydrogen-bond donors (Lipinski definition) is 1. The normalized spacial score (nSPS) is 9.33. The lowest BCUT2D eigenvalue weighted by atomic mass is 10.3. The van der Waals surface area contributed by atoms with Gasteiger partial charge in [0.15, 0.2) is 6.29 Å². The minimum absolute atomic E-state index is 0.435. The maximum atomic E-state index is 9.74. The Labute approximate surface area is 53.1 Å². The zero-order valence-corrected chi connectivity index (χ0v) is 4.92. The smallest absolute Gasteiger partial charge is 0.198 e. The summed E-state index contributed by atoms with van der Waals surface area (Å²) in [5, 5.41) is 0. The molecule has 1 radical (unpaired) electrons. The average molecular weight is 123 g/mol. The summed E-state index contributed by atoms with van der Waals surface area (Å²) in [5.41, 5.74) is 0.915. The average Bonchev–Trinajstić information content (AvgIpc) is 2.34. The van der Waals surface area contributed by atoms with E-state index in [-0.39, 0.29) is 0 Å². The zero-order chi connectivity index (χ0) is 6.53. The van der Waals surface area contributed by atoms with Crippen LogP contribution in [-0.4, -0.2) is 16.3 Å². The lowest BCUT2D eigenvalue weighted by Crippen LogP contribution is -1.84. The number of hydrogen-bond acceptors (Lipinski definition) is 2. The predicted octanol–water partition coefficient (Wildman–Crippen LogP) is 0.452. The number of carbonyl (C=O) groups excluding carboxylic acids is 1. The third-order valence-corrected chi connectivity index (χ3v) is 1.04. The minimum atomic E-state index is 0.435. The Bertz CT molecular complexity index is 169. The van der Waals surface area contributed by atoms with Crippen molar-refractivity contribution in [2.45, 2.75) is 12.8 Å². The van der Waals surface area contributed by atoms with Gasteiger partial charge in [-0.05, 0) is 6.42 Å². The molecule has 47 valence electrons. The third kappa shape index (κ3) is 1.68. The second-order valence-electron chi connectivity index (χ2n) is 1.70. The Morgan fingerprint density at radius 1 is 1.78 bits per heavy atom. The van der Waals surface area contributed by atoms with Gasteiger partial charge in [0.1, 0.15) is 0 Å². The van der Waals surface area contributed by atoms with Crippen molar-refractivity contribution in [3.8, 4) is 0 Å². The van der Waals surface area contributed by atoms with Gasteiger partial charge in [0.05, 0.1) is 12.0 Å². The number of H-pyrrole nitrogens is 1. The van der Waals surface area contributed by atoms with Gasteiger partial charge < -0.3 is 4.98 Å². The summed E-state index contributed by atoms with van der Waals surface area (Å²) >= 11 is 0. The van der Waals surface area contributed by atoms with E-state index >= 15 is 0 Å². The van der Waals surface area contributed by atoms with Crippen molar-refractivity contribution >= 4 is 6.29 Å². The van der Waals surface area contributed by atoms with Gasteiger partial charge in [0.2, 0.25) is 0 Å². The number of imidazole rings is 1. The Hall–Kier alpha value is -1.12. The maximum absolute atomic E-state index is 9.74. The quantitative estimate of drug-likeness (QED) is 0.634. The fourth-order valence-corrected chi connectivity index (χ4v) is 0.607. The largest absolute Gasteiger partial charge is 0.351 e. The first-order chi connectivity index (χ1) is 4.43. The molecule has 0 atom stereocenters. The van der Waals surface area contributed by atoms with E-state index in [1.54, 1.807) is 18.8 Å². The molecule has 0 fully saturated rings. The van der Waals surface area contributed by atoms with E-state index in [0.717, 1.165) is 5.69 Å². The molecular formula is C6H7N2O. The van der Waals surface area contributed by atoms with Crippen LogP contribution in [0.15, 0.2) is 12.5 Å². The fourth-order valence-electron chi connectivity index (χ4n) is 0.607. The molecule has 0 aliphatic carbocycles. The zero-order valence-electron chi connectivity index (χ0n) is 4.92. The van der Waals surface area contributed by atoms with Gasteiger partial charge in [0.25, 0.3) is 0 Å². The van der Waals surface area contributed by atoms with Crippen LogP contribution in [0.1, 0.15) is 12.1 Å². The van der Waals surface area contributed by atoms with Crippen molar-refractivity contribution in [3.63, 3.8) is 0 Å². The number of aryl methyl sites for hydroxylation is 1. The van der Waals surface area contributed by atoms with E-state index in [1.165, 1.54) is 0 Å². The number of aromatic nitrogens is 2. The van der Waals surface area contributed by atoms with Crippen LogP contribution in [0.4, 0.5) is 0 Å². The molecule has 0 spiro atoms. The van der Waals surface area contributed by atoms with Gasteiger partial charge >= 0.3 is 0 Å². The van der Waals surface area contributed by atoms with Crippen LogP contribution in [0.25, 0.3) is 0 Å². The van der Waals surface area contributed by atoms with Crippen molar-refractivity contribution in [2.24, 2.45) is 0 Å². The van der Waals surface area contributed by atoms with Crippen molar-refractivity contribution in [2.75, 3.05) is 0 Å². The van der Waals surface area contributed by atoms with E-state index in [1.807, 2.05) is 0 Å². The summed E-state index contributed by atoms with van der Waals surface area (Å²) < 4.78 is 0. The number of nitrogens with zero attached hydrogens (tertiary/aromatic N) is 1. The van der Waals surface area contributed by atoms with Gasteiger partial charge in [-0.3, -0.25) is 4.79 Å². The molecule has 1 rings (SSSR count). The number of aromatic amines is 1. The monoisotopic (exact) mass is 123 g/mol. The first-order valence-electron chi connectivity index (χ1n) is 2.76. The van der Waals surface area contributed by atoms with Crippen molar-refractivity contribution in [3.05, 3.63) is 18.2 Å². The highest BCUT2D eigenvalue weighted by molar-refractivity contribution is 5.50. The van der Waals surface area contributed by atoms with E-state index in [0.29, 0.717) is 12.8 Å². The minimum Gasteiger partial charge on any atom is -0.351 e. The first-order valence-corrected chi connectivity index (χ1v) is 2.76. The van der Waals surface area contributed by atoms with E-state index in [4.69, 9.17) is 0 Å². The molecule has 1 aromatic rings. The van der Waals surface area contributed by atoms with Crippen LogP contribution in [0.2, 0.25) is 0 Å². The van der Waals surface area contributed by atoms with Crippen LogP contribution in [-0.2, 0) is 11.2 Å². The second-order valence-corrected chi connectivity index (χ2v) is 1.70. The fraction of sp³-hybridized carbons (Fsp3) is 0.333. The molecular weight excluding hydrogens is 116 g/mol. The Kier molecular flexibility index (Phi) is 2.01.